The van der Waals surface area contributed by atoms with Gasteiger partial charge in [0.15, 0.2) is 0 Å². The molecule has 1 aromatic rings. The molecule has 0 saturated carbocycles. The molecule has 2 amide bonds. The summed E-state index contributed by atoms with van der Waals surface area (Å²) in [7, 11) is 1.95. The molecule has 1 aliphatic rings. The van der Waals surface area contributed by atoms with E-state index in [1.807, 2.05) is 38.5 Å². The molecule has 0 aromatic carbocycles. The fourth-order valence-corrected chi connectivity index (χ4v) is 3.22. The molecule has 0 bridgehead atoms. The SMILES string of the molecule is C=C(C)CCC(=O)NCC1(O)CCN(C(=O)c2cc(C)n(C)c2C)CC1. The molecule has 2 heterocycles. The first-order chi connectivity index (χ1) is 12.1. The molecule has 0 spiro atoms. The zero-order valence-corrected chi connectivity index (χ0v) is 16.4. The number of rotatable bonds is 6. The Kier molecular flexibility index (Phi) is 6.29. The fraction of sp³-hybridized carbons (Fsp3) is 0.600. The highest BCUT2D eigenvalue weighted by molar-refractivity contribution is 5.95. The van der Waals surface area contributed by atoms with Crippen molar-refractivity contribution in [2.24, 2.45) is 7.05 Å². The van der Waals surface area contributed by atoms with E-state index in [4.69, 9.17) is 0 Å². The van der Waals surface area contributed by atoms with E-state index in [9.17, 15) is 14.7 Å². The third-order valence-electron chi connectivity index (χ3n) is 5.38. The average molecular weight is 361 g/mol. The van der Waals surface area contributed by atoms with Gasteiger partial charge in [-0.15, -0.1) is 6.58 Å². The van der Waals surface area contributed by atoms with E-state index in [2.05, 4.69) is 11.9 Å². The Morgan fingerprint density at radius 1 is 1.27 bits per heavy atom. The van der Waals surface area contributed by atoms with Crippen LogP contribution in [-0.2, 0) is 11.8 Å². The second-order valence-corrected chi connectivity index (χ2v) is 7.59. The Morgan fingerprint density at radius 2 is 1.88 bits per heavy atom. The maximum atomic E-state index is 12.8. The van der Waals surface area contributed by atoms with Gasteiger partial charge in [0.25, 0.3) is 5.91 Å². The summed E-state index contributed by atoms with van der Waals surface area (Å²) in [4.78, 5) is 26.4. The van der Waals surface area contributed by atoms with Crippen molar-refractivity contribution in [1.82, 2.24) is 14.8 Å². The van der Waals surface area contributed by atoms with Crippen LogP contribution in [0.5, 0.6) is 0 Å². The van der Waals surface area contributed by atoms with Gasteiger partial charge in [-0.2, -0.15) is 0 Å². The highest BCUT2D eigenvalue weighted by atomic mass is 16.3. The Morgan fingerprint density at radius 3 is 2.38 bits per heavy atom. The van der Waals surface area contributed by atoms with Gasteiger partial charge in [-0.05, 0) is 46.1 Å². The minimum atomic E-state index is -0.947. The zero-order chi connectivity index (χ0) is 19.5. The molecule has 2 N–H and O–H groups in total. The smallest absolute Gasteiger partial charge is 0.255 e. The lowest BCUT2D eigenvalue weighted by Crippen LogP contribution is -2.52. The third kappa shape index (κ3) is 4.75. The van der Waals surface area contributed by atoms with Crippen molar-refractivity contribution in [3.8, 4) is 0 Å². The first kappa shape index (κ1) is 20.2. The van der Waals surface area contributed by atoms with Gasteiger partial charge in [0.1, 0.15) is 0 Å². The Hall–Kier alpha value is -2.08. The highest BCUT2D eigenvalue weighted by Crippen LogP contribution is 2.24. The third-order valence-corrected chi connectivity index (χ3v) is 5.38. The molecule has 144 valence electrons. The maximum absolute atomic E-state index is 12.8. The van der Waals surface area contributed by atoms with Crippen molar-refractivity contribution in [3.63, 3.8) is 0 Å². The number of carbonyl (C=O) groups excluding carboxylic acids is 2. The van der Waals surface area contributed by atoms with Crippen LogP contribution < -0.4 is 5.32 Å². The van der Waals surface area contributed by atoms with Crippen LogP contribution in [0.1, 0.15) is 54.4 Å². The van der Waals surface area contributed by atoms with Crippen molar-refractivity contribution in [3.05, 3.63) is 35.2 Å². The number of hydrogen-bond donors (Lipinski definition) is 2. The molecule has 0 radical (unpaired) electrons. The van der Waals surface area contributed by atoms with E-state index < -0.39 is 5.60 Å². The van der Waals surface area contributed by atoms with E-state index >= 15 is 0 Å². The molecular formula is C20H31N3O3. The van der Waals surface area contributed by atoms with Gasteiger partial charge in [0.05, 0.1) is 11.2 Å². The van der Waals surface area contributed by atoms with Crippen molar-refractivity contribution in [1.29, 1.82) is 0 Å². The largest absolute Gasteiger partial charge is 0.388 e. The predicted octanol–water partition coefficient (Wildman–Crippen LogP) is 2.08. The second kappa shape index (κ2) is 8.08. The fourth-order valence-electron chi connectivity index (χ4n) is 3.22. The first-order valence-electron chi connectivity index (χ1n) is 9.18. The minimum absolute atomic E-state index is 0.0127. The summed E-state index contributed by atoms with van der Waals surface area (Å²) in [5.41, 5.74) is 2.76. The van der Waals surface area contributed by atoms with Crippen LogP contribution in [0.25, 0.3) is 0 Å². The molecule has 0 unspecified atom stereocenters. The average Bonchev–Trinajstić information content (AvgIpc) is 2.86. The zero-order valence-electron chi connectivity index (χ0n) is 16.4. The number of hydrogen-bond acceptors (Lipinski definition) is 3. The van der Waals surface area contributed by atoms with Gasteiger partial charge < -0.3 is 19.9 Å². The van der Waals surface area contributed by atoms with Crippen LogP contribution in [0.2, 0.25) is 0 Å². The molecule has 26 heavy (non-hydrogen) atoms. The first-order valence-corrected chi connectivity index (χ1v) is 9.18. The van der Waals surface area contributed by atoms with E-state index in [0.717, 1.165) is 22.5 Å². The van der Waals surface area contributed by atoms with Crippen LogP contribution in [0, 0.1) is 13.8 Å². The van der Waals surface area contributed by atoms with Gasteiger partial charge in [-0.3, -0.25) is 9.59 Å². The van der Waals surface area contributed by atoms with Crippen LogP contribution in [0.3, 0.4) is 0 Å². The molecule has 0 aliphatic carbocycles. The lowest BCUT2D eigenvalue weighted by Gasteiger charge is -2.38. The van der Waals surface area contributed by atoms with Crippen molar-refractivity contribution in [2.75, 3.05) is 19.6 Å². The van der Waals surface area contributed by atoms with Gasteiger partial charge >= 0.3 is 0 Å². The molecule has 1 aromatic heterocycles. The van der Waals surface area contributed by atoms with E-state index in [-0.39, 0.29) is 18.4 Å². The number of aryl methyl sites for hydroxylation is 1. The number of amides is 2. The van der Waals surface area contributed by atoms with Crippen molar-refractivity contribution in [2.45, 2.75) is 52.1 Å². The topological polar surface area (TPSA) is 74.6 Å². The molecule has 1 aliphatic heterocycles. The lowest BCUT2D eigenvalue weighted by atomic mass is 9.91. The molecule has 1 saturated heterocycles. The molecule has 6 nitrogen and oxygen atoms in total. The molecule has 2 rings (SSSR count). The van der Waals surface area contributed by atoms with Crippen LogP contribution in [0.4, 0.5) is 0 Å². The minimum Gasteiger partial charge on any atom is -0.388 e. The summed E-state index contributed by atoms with van der Waals surface area (Å²) in [6.45, 7) is 10.8. The number of aliphatic hydroxyl groups is 1. The van der Waals surface area contributed by atoms with Gasteiger partial charge in [0.2, 0.25) is 5.91 Å². The molecule has 1 fully saturated rings. The summed E-state index contributed by atoms with van der Waals surface area (Å²) in [6, 6.07) is 1.92. The van der Waals surface area contributed by atoms with Crippen LogP contribution in [0.15, 0.2) is 18.2 Å². The standard InChI is InChI=1S/C20H31N3O3/c1-14(2)6-7-18(24)21-13-20(26)8-10-23(11-9-20)19(25)17-12-15(3)22(5)16(17)4/h12,26H,1,6-11,13H2,2-5H3,(H,21,24). The predicted molar refractivity (Wildman–Crippen MR) is 102 cm³/mol. The Labute approximate surface area is 155 Å². The van der Waals surface area contributed by atoms with E-state index in [1.54, 1.807) is 4.90 Å². The van der Waals surface area contributed by atoms with Crippen LogP contribution >= 0.6 is 0 Å². The van der Waals surface area contributed by atoms with Gasteiger partial charge in [-0.25, -0.2) is 0 Å². The number of piperidine rings is 1. The Bertz CT molecular complexity index is 697. The van der Waals surface area contributed by atoms with E-state index in [1.165, 1.54) is 0 Å². The Balaban J connectivity index is 1.87. The number of likely N-dealkylation sites (tertiary alicyclic amines) is 1. The lowest BCUT2D eigenvalue weighted by molar-refractivity contribution is -0.122. The summed E-state index contributed by atoms with van der Waals surface area (Å²) >= 11 is 0. The summed E-state index contributed by atoms with van der Waals surface area (Å²) in [6.07, 6.45) is 1.97. The normalized spacial score (nSPS) is 16.4. The second-order valence-electron chi connectivity index (χ2n) is 7.59. The van der Waals surface area contributed by atoms with E-state index in [0.29, 0.717) is 38.8 Å². The quantitative estimate of drug-likeness (QED) is 0.762. The number of carbonyl (C=O) groups is 2. The van der Waals surface area contributed by atoms with Crippen molar-refractivity contribution < 1.29 is 14.7 Å². The number of allylic oxidation sites excluding steroid dienone is 1. The number of aromatic nitrogens is 1. The highest BCUT2D eigenvalue weighted by Gasteiger charge is 2.35. The summed E-state index contributed by atoms with van der Waals surface area (Å²) < 4.78 is 2.01. The maximum Gasteiger partial charge on any atom is 0.255 e. The number of nitrogens with zero attached hydrogens (tertiary/aromatic N) is 2. The van der Waals surface area contributed by atoms with Crippen LogP contribution in [-0.4, -0.2) is 51.6 Å². The van der Waals surface area contributed by atoms with Gasteiger partial charge in [0, 0.05) is 44.5 Å². The molecule has 0 atom stereocenters. The summed E-state index contributed by atoms with van der Waals surface area (Å²) in [5.74, 6) is -0.0611. The molecule has 6 heteroatoms. The van der Waals surface area contributed by atoms with Crippen molar-refractivity contribution >= 4 is 11.8 Å². The summed E-state index contributed by atoms with van der Waals surface area (Å²) in [5, 5.41) is 13.5. The van der Waals surface area contributed by atoms with Gasteiger partial charge in [-0.1, -0.05) is 5.57 Å². The molecular weight excluding hydrogens is 330 g/mol. The number of nitrogens with one attached hydrogen (secondary N) is 1. The monoisotopic (exact) mass is 361 g/mol.